The highest BCUT2D eigenvalue weighted by molar-refractivity contribution is 5.79. The summed E-state index contributed by atoms with van der Waals surface area (Å²) in [5.74, 6) is 0.903. The number of amides is 1. The number of piperidine rings is 1. The van der Waals surface area contributed by atoms with Crippen LogP contribution in [-0.2, 0) is 9.53 Å². The van der Waals surface area contributed by atoms with Crippen molar-refractivity contribution >= 4 is 5.91 Å². The normalized spacial score (nSPS) is 34.0. The maximum Gasteiger partial charge on any atom is 0.226 e. The lowest BCUT2D eigenvalue weighted by Gasteiger charge is -2.34. The topological polar surface area (TPSA) is 55.6 Å². The van der Waals surface area contributed by atoms with Crippen molar-refractivity contribution in [2.24, 2.45) is 17.6 Å². The fourth-order valence-corrected chi connectivity index (χ4v) is 3.21. The van der Waals surface area contributed by atoms with Gasteiger partial charge >= 0.3 is 0 Å². The van der Waals surface area contributed by atoms with Gasteiger partial charge in [0.2, 0.25) is 5.91 Å². The maximum absolute atomic E-state index is 12.4. The van der Waals surface area contributed by atoms with Gasteiger partial charge in [-0.15, -0.1) is 0 Å². The molecule has 2 rings (SSSR count). The van der Waals surface area contributed by atoms with Gasteiger partial charge in [0.1, 0.15) is 0 Å². The molecule has 2 N–H and O–H groups in total. The molecule has 1 aliphatic carbocycles. The molecule has 2 fully saturated rings. The number of nitrogens with zero attached hydrogens (tertiary/aromatic N) is 1. The number of carbonyl (C=O) groups is 1. The second-order valence-electron chi connectivity index (χ2n) is 5.32. The Kier molecular flexibility index (Phi) is 4.40. The predicted octanol–water partition coefficient (Wildman–Crippen LogP) is 0.999. The van der Waals surface area contributed by atoms with Gasteiger partial charge in [-0.1, -0.05) is 6.42 Å². The summed E-state index contributed by atoms with van der Waals surface area (Å²) in [7, 11) is 1.73. The Bertz CT molecular complexity index is 270. The van der Waals surface area contributed by atoms with Crippen LogP contribution < -0.4 is 5.73 Å². The first-order valence-corrected chi connectivity index (χ1v) is 6.78. The molecular formula is C13H24N2O2. The Morgan fingerprint density at radius 3 is 2.88 bits per heavy atom. The summed E-state index contributed by atoms with van der Waals surface area (Å²) in [5, 5.41) is 0. The summed E-state index contributed by atoms with van der Waals surface area (Å²) in [6, 6.07) is 0. The van der Waals surface area contributed by atoms with Crippen molar-refractivity contribution < 1.29 is 9.53 Å². The van der Waals surface area contributed by atoms with Crippen molar-refractivity contribution in [3.8, 4) is 0 Å². The number of carbonyl (C=O) groups excluding carboxylic acids is 1. The molecule has 0 aromatic carbocycles. The van der Waals surface area contributed by atoms with Gasteiger partial charge in [0, 0.05) is 26.1 Å². The highest BCUT2D eigenvalue weighted by Gasteiger charge is 2.36. The van der Waals surface area contributed by atoms with E-state index >= 15 is 0 Å². The lowest BCUT2D eigenvalue weighted by Crippen LogP contribution is -2.46. The molecular weight excluding hydrogens is 216 g/mol. The summed E-state index contributed by atoms with van der Waals surface area (Å²) >= 11 is 0. The van der Waals surface area contributed by atoms with Crippen molar-refractivity contribution in [3.05, 3.63) is 0 Å². The van der Waals surface area contributed by atoms with Crippen LogP contribution in [0.15, 0.2) is 0 Å². The zero-order valence-corrected chi connectivity index (χ0v) is 10.7. The van der Waals surface area contributed by atoms with Gasteiger partial charge in [-0.2, -0.15) is 0 Å². The summed E-state index contributed by atoms with van der Waals surface area (Å²) in [4.78, 5) is 14.4. The molecule has 3 atom stereocenters. The molecule has 0 aromatic rings. The third-order valence-corrected chi connectivity index (χ3v) is 4.30. The van der Waals surface area contributed by atoms with Gasteiger partial charge in [0.25, 0.3) is 0 Å². The second kappa shape index (κ2) is 5.83. The zero-order chi connectivity index (χ0) is 12.3. The van der Waals surface area contributed by atoms with E-state index in [0.717, 1.165) is 45.2 Å². The summed E-state index contributed by atoms with van der Waals surface area (Å²) < 4.78 is 5.37. The Morgan fingerprint density at radius 1 is 1.35 bits per heavy atom. The predicted molar refractivity (Wildman–Crippen MR) is 66.5 cm³/mol. The molecule has 1 heterocycles. The van der Waals surface area contributed by atoms with E-state index < -0.39 is 0 Å². The van der Waals surface area contributed by atoms with Crippen LogP contribution in [0.5, 0.6) is 0 Å². The Labute approximate surface area is 103 Å². The Morgan fingerprint density at radius 2 is 2.18 bits per heavy atom. The van der Waals surface area contributed by atoms with Crippen molar-refractivity contribution in [1.29, 1.82) is 0 Å². The Hall–Kier alpha value is -0.610. The molecule has 1 saturated carbocycles. The van der Waals surface area contributed by atoms with E-state index in [-0.39, 0.29) is 12.0 Å². The van der Waals surface area contributed by atoms with Gasteiger partial charge in [-0.05, 0) is 38.1 Å². The Balaban J connectivity index is 1.94. The van der Waals surface area contributed by atoms with Crippen LogP contribution in [0, 0.1) is 11.8 Å². The molecule has 1 aliphatic heterocycles. The SMILES string of the molecule is COC1CCCN(C(=O)C2CCCC2CN)C1. The van der Waals surface area contributed by atoms with Crippen molar-refractivity contribution in [3.63, 3.8) is 0 Å². The first-order chi connectivity index (χ1) is 8.26. The van der Waals surface area contributed by atoms with Gasteiger partial charge in [-0.25, -0.2) is 0 Å². The zero-order valence-electron chi connectivity index (χ0n) is 10.7. The second-order valence-corrected chi connectivity index (χ2v) is 5.32. The van der Waals surface area contributed by atoms with E-state index in [9.17, 15) is 4.79 Å². The number of methoxy groups -OCH3 is 1. The summed E-state index contributed by atoms with van der Waals surface area (Å²) in [5.41, 5.74) is 5.75. The minimum atomic E-state index is 0.176. The number of rotatable bonds is 3. The van der Waals surface area contributed by atoms with E-state index in [0.29, 0.717) is 18.4 Å². The molecule has 98 valence electrons. The molecule has 3 unspecified atom stereocenters. The third-order valence-electron chi connectivity index (χ3n) is 4.30. The first kappa shape index (κ1) is 12.8. The van der Waals surface area contributed by atoms with Crippen molar-refractivity contribution in [1.82, 2.24) is 4.90 Å². The smallest absolute Gasteiger partial charge is 0.226 e. The van der Waals surface area contributed by atoms with Crippen LogP contribution in [0.25, 0.3) is 0 Å². The van der Waals surface area contributed by atoms with Crippen LogP contribution in [0.2, 0.25) is 0 Å². The number of hydrogen-bond donors (Lipinski definition) is 1. The van der Waals surface area contributed by atoms with Crippen molar-refractivity contribution in [2.75, 3.05) is 26.7 Å². The van der Waals surface area contributed by atoms with Crippen LogP contribution in [0.4, 0.5) is 0 Å². The molecule has 0 bridgehead atoms. The molecule has 2 aliphatic rings. The number of likely N-dealkylation sites (tertiary alicyclic amines) is 1. The molecule has 4 nitrogen and oxygen atoms in total. The molecule has 1 saturated heterocycles. The average Bonchev–Trinajstić information content (AvgIpc) is 2.86. The van der Waals surface area contributed by atoms with Gasteiger partial charge < -0.3 is 15.4 Å². The lowest BCUT2D eigenvalue weighted by molar-refractivity contribution is -0.140. The van der Waals surface area contributed by atoms with E-state index in [1.54, 1.807) is 7.11 Å². The van der Waals surface area contributed by atoms with E-state index in [1.807, 2.05) is 4.90 Å². The fourth-order valence-electron chi connectivity index (χ4n) is 3.21. The van der Waals surface area contributed by atoms with E-state index in [2.05, 4.69) is 0 Å². The molecule has 0 radical (unpaired) electrons. The van der Waals surface area contributed by atoms with Crippen LogP contribution >= 0.6 is 0 Å². The van der Waals surface area contributed by atoms with Gasteiger partial charge in [0.15, 0.2) is 0 Å². The number of ether oxygens (including phenoxy) is 1. The van der Waals surface area contributed by atoms with E-state index in [1.165, 1.54) is 0 Å². The average molecular weight is 240 g/mol. The molecule has 0 spiro atoms. The fraction of sp³-hybridized carbons (Fsp3) is 0.923. The monoisotopic (exact) mass is 240 g/mol. The highest BCUT2D eigenvalue weighted by atomic mass is 16.5. The summed E-state index contributed by atoms with van der Waals surface area (Å²) in [6.45, 7) is 2.31. The van der Waals surface area contributed by atoms with Crippen LogP contribution in [0.1, 0.15) is 32.1 Å². The molecule has 4 heteroatoms. The van der Waals surface area contributed by atoms with Crippen LogP contribution in [-0.4, -0.2) is 43.7 Å². The standard InChI is InChI=1S/C13H24N2O2/c1-17-11-5-3-7-15(9-11)13(16)12-6-2-4-10(12)8-14/h10-12H,2-9,14H2,1H3. The molecule has 1 amide bonds. The largest absolute Gasteiger partial charge is 0.380 e. The minimum Gasteiger partial charge on any atom is -0.380 e. The summed E-state index contributed by atoms with van der Waals surface area (Å²) in [6.07, 6.45) is 5.66. The molecule has 0 aromatic heterocycles. The number of hydrogen-bond acceptors (Lipinski definition) is 3. The highest BCUT2D eigenvalue weighted by Crippen LogP contribution is 2.33. The first-order valence-electron chi connectivity index (χ1n) is 6.78. The van der Waals surface area contributed by atoms with Crippen LogP contribution in [0.3, 0.4) is 0 Å². The van der Waals surface area contributed by atoms with Gasteiger partial charge in [0.05, 0.1) is 6.10 Å². The van der Waals surface area contributed by atoms with E-state index in [4.69, 9.17) is 10.5 Å². The number of nitrogens with two attached hydrogens (primary N) is 1. The van der Waals surface area contributed by atoms with Gasteiger partial charge in [-0.3, -0.25) is 4.79 Å². The quantitative estimate of drug-likeness (QED) is 0.800. The maximum atomic E-state index is 12.4. The lowest BCUT2D eigenvalue weighted by atomic mass is 9.93. The molecule has 17 heavy (non-hydrogen) atoms. The minimum absolute atomic E-state index is 0.176. The van der Waals surface area contributed by atoms with Crippen molar-refractivity contribution in [2.45, 2.75) is 38.2 Å². The third kappa shape index (κ3) is 2.80.